The van der Waals surface area contributed by atoms with Crippen molar-refractivity contribution in [1.82, 2.24) is 0 Å². The molecule has 156 valence electrons. The van der Waals surface area contributed by atoms with Gasteiger partial charge in [0.15, 0.2) is 0 Å². The molecule has 1 unspecified atom stereocenters. The van der Waals surface area contributed by atoms with Crippen molar-refractivity contribution in [3.63, 3.8) is 0 Å². The molecule has 0 aromatic carbocycles. The van der Waals surface area contributed by atoms with Crippen LogP contribution in [0.1, 0.15) is 53.4 Å². The number of halogens is 2. The average Bonchev–Trinajstić information content (AvgIpc) is 2.53. The Morgan fingerprint density at radius 2 is 1.52 bits per heavy atom. The zero-order valence-electron chi connectivity index (χ0n) is 16.5. The molecule has 27 heavy (non-hydrogen) atoms. The molecule has 0 aliphatic rings. The monoisotopic (exact) mass is 426 g/mol. The quantitative estimate of drug-likeness (QED) is 0.222. The summed E-state index contributed by atoms with van der Waals surface area (Å²) in [5.74, 6) is 0.538. The normalized spacial score (nSPS) is 16.5. The van der Waals surface area contributed by atoms with Crippen molar-refractivity contribution < 1.29 is 32.2 Å². The van der Waals surface area contributed by atoms with Crippen LogP contribution in [0.5, 0.6) is 0 Å². The van der Waals surface area contributed by atoms with Crippen molar-refractivity contribution in [2.75, 3.05) is 7.11 Å². The van der Waals surface area contributed by atoms with Gasteiger partial charge < -0.3 is 14.3 Å². The molecule has 0 saturated carbocycles. The SMILES string of the molecule is COP(=O)(/C=C/C=C(\C)CC/C=C(\C)CCC=C(C)C)C(F)(F)P(=O)(O)O. The smallest absolute Gasteiger partial charge is 0.325 e. The Kier molecular flexibility index (Phi) is 10.9. The lowest BCUT2D eigenvalue weighted by Crippen LogP contribution is -2.16. The van der Waals surface area contributed by atoms with Gasteiger partial charge in [0.2, 0.25) is 0 Å². The van der Waals surface area contributed by atoms with Crippen molar-refractivity contribution in [2.24, 2.45) is 0 Å². The molecular formula is C18H30F2O5P2. The van der Waals surface area contributed by atoms with Gasteiger partial charge in [0, 0.05) is 12.9 Å². The van der Waals surface area contributed by atoms with E-state index >= 15 is 0 Å². The van der Waals surface area contributed by atoms with E-state index in [9.17, 15) is 17.9 Å². The molecule has 0 spiro atoms. The van der Waals surface area contributed by atoms with E-state index in [1.807, 2.05) is 0 Å². The van der Waals surface area contributed by atoms with Gasteiger partial charge >= 0.3 is 20.4 Å². The summed E-state index contributed by atoms with van der Waals surface area (Å²) in [6.45, 7) is 7.95. The lowest BCUT2D eigenvalue weighted by Gasteiger charge is -2.23. The molecule has 0 radical (unpaired) electrons. The number of alkyl halides is 2. The largest absolute Gasteiger partial charge is 0.421 e. The van der Waals surface area contributed by atoms with Crippen LogP contribution in [0, 0.1) is 0 Å². The van der Waals surface area contributed by atoms with E-state index < -0.39 is 20.4 Å². The van der Waals surface area contributed by atoms with Crippen molar-refractivity contribution >= 4 is 15.0 Å². The first-order valence-electron chi connectivity index (χ1n) is 8.50. The second-order valence-corrected chi connectivity index (χ2v) is 11.0. The summed E-state index contributed by atoms with van der Waals surface area (Å²) in [5, 5.41) is -4.77. The van der Waals surface area contributed by atoms with E-state index in [4.69, 9.17) is 9.79 Å². The molecule has 0 saturated heterocycles. The third-order valence-corrected chi connectivity index (χ3v) is 7.96. The Balaban J connectivity index is 4.87. The summed E-state index contributed by atoms with van der Waals surface area (Å²) in [6, 6.07) is 0. The van der Waals surface area contributed by atoms with Gasteiger partial charge in [-0.25, -0.2) is 0 Å². The van der Waals surface area contributed by atoms with Crippen LogP contribution in [0.15, 0.2) is 46.8 Å². The summed E-state index contributed by atoms with van der Waals surface area (Å²) in [5.41, 5.74) is 3.40. The Hall–Kier alpha value is -0.840. The first-order chi connectivity index (χ1) is 12.3. The third-order valence-electron chi connectivity index (χ3n) is 3.78. The highest BCUT2D eigenvalue weighted by Crippen LogP contribution is 2.75. The number of hydrogen-bond acceptors (Lipinski definition) is 3. The van der Waals surface area contributed by atoms with Gasteiger partial charge in [-0.15, -0.1) is 0 Å². The van der Waals surface area contributed by atoms with Gasteiger partial charge in [-0.2, -0.15) is 8.78 Å². The van der Waals surface area contributed by atoms with Gasteiger partial charge in [-0.05, 0) is 53.4 Å². The highest BCUT2D eigenvalue weighted by Gasteiger charge is 2.63. The van der Waals surface area contributed by atoms with Crippen LogP contribution in [0.2, 0.25) is 0 Å². The second kappa shape index (κ2) is 11.2. The lowest BCUT2D eigenvalue weighted by atomic mass is 10.1. The fourth-order valence-electron chi connectivity index (χ4n) is 2.08. The van der Waals surface area contributed by atoms with Crippen molar-refractivity contribution in [2.45, 2.75) is 58.8 Å². The van der Waals surface area contributed by atoms with E-state index in [1.54, 1.807) is 6.92 Å². The van der Waals surface area contributed by atoms with Crippen molar-refractivity contribution in [1.29, 1.82) is 0 Å². The molecule has 1 atom stereocenters. The van der Waals surface area contributed by atoms with Gasteiger partial charge in [0.05, 0.1) is 0 Å². The lowest BCUT2D eigenvalue weighted by molar-refractivity contribution is 0.122. The molecule has 2 N–H and O–H groups in total. The van der Waals surface area contributed by atoms with Crippen LogP contribution in [0.3, 0.4) is 0 Å². The maximum Gasteiger partial charge on any atom is 0.421 e. The van der Waals surface area contributed by atoms with Gasteiger partial charge in [-0.1, -0.05) is 41.0 Å². The standard InChI is InChI=1S/C18H30F2O5P2/c1-15(2)9-6-10-16(3)11-7-12-17(4)13-8-14-26(21,25-5)18(19,20)27(22,23)24/h8-9,11,13-14H,6-7,10,12H2,1-5H3,(H2,22,23,24)/b14-8+,16-11+,17-13+. The highest BCUT2D eigenvalue weighted by atomic mass is 31.2. The van der Waals surface area contributed by atoms with Crippen LogP contribution >= 0.6 is 15.0 Å². The molecule has 0 aromatic rings. The Bertz CT molecular complexity index is 699. The Labute approximate surface area is 160 Å². The highest BCUT2D eigenvalue weighted by molar-refractivity contribution is 7.77. The molecule has 0 aliphatic heterocycles. The molecule has 0 aliphatic carbocycles. The predicted molar refractivity (Wildman–Crippen MR) is 106 cm³/mol. The predicted octanol–water partition coefficient (Wildman–Crippen LogP) is 6.57. The van der Waals surface area contributed by atoms with E-state index in [0.29, 0.717) is 12.2 Å². The molecule has 0 rings (SSSR count). The molecule has 0 fully saturated rings. The summed E-state index contributed by atoms with van der Waals surface area (Å²) < 4.78 is 54.7. The molecule has 0 aromatic heterocycles. The van der Waals surface area contributed by atoms with Crippen LogP contribution < -0.4 is 0 Å². The van der Waals surface area contributed by atoms with Gasteiger partial charge in [0.25, 0.3) is 0 Å². The fraction of sp³-hybridized carbons (Fsp3) is 0.556. The molecule has 0 heterocycles. The minimum Gasteiger partial charge on any atom is -0.325 e. The van der Waals surface area contributed by atoms with Crippen molar-refractivity contribution in [3.8, 4) is 0 Å². The Morgan fingerprint density at radius 1 is 1.00 bits per heavy atom. The van der Waals surface area contributed by atoms with Gasteiger partial charge in [0.1, 0.15) is 0 Å². The van der Waals surface area contributed by atoms with Crippen molar-refractivity contribution in [3.05, 3.63) is 46.8 Å². The third kappa shape index (κ3) is 8.80. The van der Waals surface area contributed by atoms with Gasteiger partial charge in [-0.3, -0.25) is 9.13 Å². The topological polar surface area (TPSA) is 83.8 Å². The maximum atomic E-state index is 13.7. The van der Waals surface area contributed by atoms with E-state index in [0.717, 1.165) is 38.0 Å². The number of rotatable bonds is 11. The molecule has 5 nitrogen and oxygen atoms in total. The summed E-state index contributed by atoms with van der Waals surface area (Å²) in [6.07, 6.45) is 10.3. The minimum absolute atomic E-state index is 0.538. The maximum absolute atomic E-state index is 13.7. The molecule has 0 amide bonds. The van der Waals surface area contributed by atoms with Crippen LogP contribution in [-0.2, 0) is 13.7 Å². The first kappa shape index (κ1) is 26.2. The summed E-state index contributed by atoms with van der Waals surface area (Å²) in [4.78, 5) is 17.5. The molecule has 0 bridgehead atoms. The number of allylic oxidation sites excluding steroid dienone is 7. The first-order valence-corrected chi connectivity index (χ1v) is 11.8. The van der Waals surface area contributed by atoms with E-state index in [2.05, 4.69) is 37.4 Å². The second-order valence-electron chi connectivity index (χ2n) is 6.60. The number of hydrogen-bond donors (Lipinski definition) is 2. The molecule has 9 heteroatoms. The van der Waals surface area contributed by atoms with Crippen LogP contribution in [0.4, 0.5) is 8.78 Å². The Morgan fingerprint density at radius 3 is 2.00 bits per heavy atom. The average molecular weight is 426 g/mol. The summed E-state index contributed by atoms with van der Waals surface area (Å²) >= 11 is 0. The zero-order valence-corrected chi connectivity index (χ0v) is 18.3. The summed E-state index contributed by atoms with van der Waals surface area (Å²) in [7, 11) is -10.2. The van der Waals surface area contributed by atoms with E-state index in [1.165, 1.54) is 17.2 Å². The minimum atomic E-state index is -5.92. The van der Waals surface area contributed by atoms with E-state index in [-0.39, 0.29) is 0 Å². The molecular weight excluding hydrogens is 396 g/mol. The zero-order chi connectivity index (χ0) is 21.3. The van der Waals surface area contributed by atoms with Crippen LogP contribution in [0.25, 0.3) is 0 Å². The van der Waals surface area contributed by atoms with Crippen LogP contribution in [-0.4, -0.2) is 22.3 Å². The fourth-order valence-corrected chi connectivity index (χ4v) is 4.81.